The first-order chi connectivity index (χ1) is 13.4. The zero-order chi connectivity index (χ0) is 20.4. The number of aliphatic imine (C=N–C) groups is 1. The highest BCUT2D eigenvalue weighted by Gasteiger charge is 2.25. The normalized spacial score (nSPS) is 15.4. The highest BCUT2D eigenvalue weighted by Crippen LogP contribution is 2.11. The molecule has 1 amide bonds. The number of guanidine groups is 1. The van der Waals surface area contributed by atoms with Gasteiger partial charge in [0.05, 0.1) is 12.2 Å². The molecule has 8 nitrogen and oxygen atoms in total. The largest absolute Gasteiger partial charge is 0.444 e. The van der Waals surface area contributed by atoms with E-state index in [-0.39, 0.29) is 30.1 Å². The highest BCUT2D eigenvalue weighted by atomic mass is 127. The van der Waals surface area contributed by atoms with Crippen molar-refractivity contribution in [3.05, 3.63) is 30.1 Å². The van der Waals surface area contributed by atoms with Crippen LogP contribution < -0.4 is 10.6 Å². The molecule has 0 aromatic carbocycles. The molecule has 1 aliphatic heterocycles. The number of carbonyl (C=O) groups is 1. The van der Waals surface area contributed by atoms with Gasteiger partial charge in [-0.05, 0) is 39.8 Å². The Kier molecular flexibility index (Phi) is 11.3. The number of halogens is 1. The van der Waals surface area contributed by atoms with E-state index in [1.165, 1.54) is 0 Å². The van der Waals surface area contributed by atoms with Crippen LogP contribution >= 0.6 is 24.0 Å². The van der Waals surface area contributed by atoms with Gasteiger partial charge >= 0.3 is 6.09 Å². The number of ether oxygens (including phenoxy) is 1. The van der Waals surface area contributed by atoms with Crippen LogP contribution in [0.5, 0.6) is 0 Å². The zero-order valence-corrected chi connectivity index (χ0v) is 20.3. The molecular weight excluding hydrogens is 483 g/mol. The summed E-state index contributed by atoms with van der Waals surface area (Å²) in [6.45, 7) is 13.9. The van der Waals surface area contributed by atoms with Gasteiger partial charge in [0.2, 0.25) is 0 Å². The molecule has 29 heavy (non-hydrogen) atoms. The molecule has 0 spiro atoms. The Morgan fingerprint density at radius 1 is 1.21 bits per heavy atom. The number of hydrogen-bond donors (Lipinski definition) is 2. The maximum atomic E-state index is 12.1. The predicted molar refractivity (Wildman–Crippen MR) is 127 cm³/mol. The van der Waals surface area contributed by atoms with Crippen molar-refractivity contribution in [1.82, 2.24) is 25.4 Å². The second kappa shape index (κ2) is 12.8. The molecule has 0 aliphatic carbocycles. The standard InChI is InChI=1S/C20H34N6O2.HI/c1-5-21-18(24-16-17-8-6-7-9-22-17)23-10-11-25-12-14-26(15-13-25)19(27)28-20(2,3)4;/h6-9H,5,10-16H2,1-4H3,(H2,21,23,24);1H. The third kappa shape index (κ3) is 10.1. The molecule has 2 heterocycles. The van der Waals surface area contributed by atoms with E-state index in [4.69, 9.17) is 4.74 Å². The van der Waals surface area contributed by atoms with Crippen LogP contribution in [0.3, 0.4) is 0 Å². The fourth-order valence-electron chi connectivity index (χ4n) is 2.81. The Morgan fingerprint density at radius 3 is 2.52 bits per heavy atom. The Hall–Kier alpha value is -1.62. The summed E-state index contributed by atoms with van der Waals surface area (Å²) in [7, 11) is 0. The molecule has 2 rings (SSSR count). The Morgan fingerprint density at radius 2 is 1.93 bits per heavy atom. The minimum Gasteiger partial charge on any atom is -0.444 e. The van der Waals surface area contributed by atoms with E-state index in [0.717, 1.165) is 44.4 Å². The van der Waals surface area contributed by atoms with E-state index >= 15 is 0 Å². The molecule has 164 valence electrons. The van der Waals surface area contributed by atoms with Crippen molar-refractivity contribution < 1.29 is 9.53 Å². The van der Waals surface area contributed by atoms with E-state index in [0.29, 0.717) is 19.6 Å². The second-order valence-electron chi connectivity index (χ2n) is 7.75. The average molecular weight is 518 g/mol. The lowest BCUT2D eigenvalue weighted by Gasteiger charge is -2.35. The molecule has 1 saturated heterocycles. The van der Waals surface area contributed by atoms with Crippen LogP contribution in [0.1, 0.15) is 33.4 Å². The summed E-state index contributed by atoms with van der Waals surface area (Å²) in [4.78, 5) is 25.1. The first-order valence-electron chi connectivity index (χ1n) is 10.00. The lowest BCUT2D eigenvalue weighted by atomic mass is 10.2. The van der Waals surface area contributed by atoms with E-state index in [9.17, 15) is 4.79 Å². The van der Waals surface area contributed by atoms with Gasteiger partial charge in [-0.2, -0.15) is 0 Å². The molecule has 2 N–H and O–H groups in total. The lowest BCUT2D eigenvalue weighted by Crippen LogP contribution is -2.51. The van der Waals surface area contributed by atoms with Gasteiger partial charge in [0.25, 0.3) is 0 Å². The van der Waals surface area contributed by atoms with Crippen molar-refractivity contribution in [1.29, 1.82) is 0 Å². The molecule has 0 bridgehead atoms. The van der Waals surface area contributed by atoms with Crippen molar-refractivity contribution >= 4 is 36.0 Å². The molecule has 0 atom stereocenters. The molecule has 1 fully saturated rings. The van der Waals surface area contributed by atoms with Crippen LogP contribution in [0.25, 0.3) is 0 Å². The monoisotopic (exact) mass is 518 g/mol. The van der Waals surface area contributed by atoms with Crippen molar-refractivity contribution in [2.45, 2.75) is 39.8 Å². The smallest absolute Gasteiger partial charge is 0.410 e. The minimum atomic E-state index is -0.449. The Balaban J connectivity index is 0.00000420. The fourth-order valence-corrected chi connectivity index (χ4v) is 2.81. The summed E-state index contributed by atoms with van der Waals surface area (Å²) in [5, 5.41) is 6.62. The number of pyridine rings is 1. The number of aromatic nitrogens is 1. The van der Waals surface area contributed by atoms with Gasteiger partial charge in [-0.25, -0.2) is 9.79 Å². The molecule has 0 radical (unpaired) electrons. The second-order valence-corrected chi connectivity index (χ2v) is 7.75. The van der Waals surface area contributed by atoms with Crippen LogP contribution in [-0.2, 0) is 11.3 Å². The molecule has 9 heteroatoms. The van der Waals surface area contributed by atoms with Gasteiger partial charge in [0.15, 0.2) is 5.96 Å². The molecular formula is C20H35IN6O2. The number of carbonyl (C=O) groups excluding carboxylic acids is 1. The van der Waals surface area contributed by atoms with Crippen molar-refractivity contribution in [2.75, 3.05) is 45.8 Å². The summed E-state index contributed by atoms with van der Waals surface area (Å²) in [5.41, 5.74) is 0.494. The third-order valence-electron chi connectivity index (χ3n) is 4.21. The topological polar surface area (TPSA) is 82.1 Å². The Labute approximate surface area is 191 Å². The fraction of sp³-hybridized carbons (Fsp3) is 0.650. The maximum Gasteiger partial charge on any atom is 0.410 e. The predicted octanol–water partition coefficient (Wildman–Crippen LogP) is 2.31. The summed E-state index contributed by atoms with van der Waals surface area (Å²) in [5.74, 6) is 0.792. The SMILES string of the molecule is CCNC(=NCc1ccccn1)NCCN1CCN(C(=O)OC(C)(C)C)CC1.I. The highest BCUT2D eigenvalue weighted by molar-refractivity contribution is 14.0. The van der Waals surface area contributed by atoms with Gasteiger partial charge in [-0.1, -0.05) is 6.07 Å². The van der Waals surface area contributed by atoms with E-state index < -0.39 is 5.60 Å². The minimum absolute atomic E-state index is 0. The van der Waals surface area contributed by atoms with Crippen molar-refractivity contribution in [2.24, 2.45) is 4.99 Å². The first-order valence-corrected chi connectivity index (χ1v) is 10.00. The van der Waals surface area contributed by atoms with Crippen LogP contribution in [0, 0.1) is 0 Å². The van der Waals surface area contributed by atoms with E-state index in [2.05, 4.69) is 25.5 Å². The quantitative estimate of drug-likeness (QED) is 0.342. The van der Waals surface area contributed by atoms with Gasteiger partial charge < -0.3 is 20.3 Å². The number of piperazine rings is 1. The van der Waals surface area contributed by atoms with Gasteiger partial charge in [-0.15, -0.1) is 24.0 Å². The number of nitrogens with one attached hydrogen (secondary N) is 2. The summed E-state index contributed by atoms with van der Waals surface area (Å²) in [6.07, 6.45) is 1.56. The van der Waals surface area contributed by atoms with Gasteiger partial charge in [0, 0.05) is 52.0 Å². The van der Waals surface area contributed by atoms with E-state index in [1.54, 1.807) is 11.1 Å². The maximum absolute atomic E-state index is 12.1. The van der Waals surface area contributed by atoms with Crippen LogP contribution in [-0.4, -0.2) is 78.3 Å². The summed E-state index contributed by atoms with van der Waals surface area (Å²) >= 11 is 0. The summed E-state index contributed by atoms with van der Waals surface area (Å²) in [6, 6.07) is 5.84. The van der Waals surface area contributed by atoms with Gasteiger partial charge in [-0.3, -0.25) is 9.88 Å². The number of rotatable bonds is 6. The Bertz CT molecular complexity index is 628. The third-order valence-corrected chi connectivity index (χ3v) is 4.21. The van der Waals surface area contributed by atoms with Crippen LogP contribution in [0.15, 0.2) is 29.4 Å². The molecule has 1 aliphatic rings. The first kappa shape index (κ1) is 25.4. The van der Waals surface area contributed by atoms with Crippen molar-refractivity contribution in [3.63, 3.8) is 0 Å². The van der Waals surface area contributed by atoms with Crippen LogP contribution in [0.4, 0.5) is 4.79 Å². The molecule has 1 aromatic rings. The number of hydrogen-bond acceptors (Lipinski definition) is 5. The average Bonchev–Trinajstić information content (AvgIpc) is 2.66. The summed E-state index contributed by atoms with van der Waals surface area (Å²) < 4.78 is 5.44. The molecule has 0 saturated carbocycles. The molecule has 1 aromatic heterocycles. The molecule has 0 unspecified atom stereocenters. The number of amides is 1. The van der Waals surface area contributed by atoms with Gasteiger partial charge in [0.1, 0.15) is 5.60 Å². The number of nitrogens with zero attached hydrogens (tertiary/aromatic N) is 4. The van der Waals surface area contributed by atoms with Crippen molar-refractivity contribution in [3.8, 4) is 0 Å². The zero-order valence-electron chi connectivity index (χ0n) is 18.0. The van der Waals surface area contributed by atoms with Crippen LogP contribution in [0.2, 0.25) is 0 Å². The lowest BCUT2D eigenvalue weighted by molar-refractivity contribution is 0.0147. The van der Waals surface area contributed by atoms with E-state index in [1.807, 2.05) is 45.9 Å².